The highest BCUT2D eigenvalue weighted by atomic mass is 32.2. The second-order valence-electron chi connectivity index (χ2n) is 5.13. The fourth-order valence-electron chi connectivity index (χ4n) is 2.13. The van der Waals surface area contributed by atoms with Crippen molar-refractivity contribution in [2.24, 2.45) is 0 Å². The van der Waals surface area contributed by atoms with Crippen LogP contribution >= 0.6 is 0 Å². The van der Waals surface area contributed by atoms with E-state index in [9.17, 15) is 8.42 Å². The van der Waals surface area contributed by atoms with Crippen molar-refractivity contribution in [1.82, 2.24) is 4.98 Å². The lowest BCUT2D eigenvalue weighted by atomic mass is 10.1. The van der Waals surface area contributed by atoms with Gasteiger partial charge in [0.05, 0.1) is 28.8 Å². The number of hydrogen-bond acceptors (Lipinski definition) is 4. The van der Waals surface area contributed by atoms with E-state index in [0.717, 1.165) is 22.5 Å². The molecule has 0 spiro atoms. The third-order valence-electron chi connectivity index (χ3n) is 3.34. The fraction of sp³-hybridized carbons (Fsp3) is 0.0556. The molecule has 0 bridgehead atoms. The summed E-state index contributed by atoms with van der Waals surface area (Å²) in [5.41, 5.74) is 3.45. The largest absolute Gasteiger partial charge is 0.472 e. The predicted octanol–water partition coefficient (Wildman–Crippen LogP) is 3.92. The van der Waals surface area contributed by atoms with Gasteiger partial charge in [-0.1, -0.05) is 18.2 Å². The number of nitrogens with zero attached hydrogens (tertiary/aromatic N) is 1. The average Bonchev–Trinajstić information content (AvgIpc) is 3.06. The Morgan fingerprint density at radius 3 is 2.43 bits per heavy atom. The monoisotopic (exact) mass is 325 g/mol. The van der Waals surface area contributed by atoms with Crippen LogP contribution in [-0.4, -0.2) is 19.7 Å². The number of aromatic nitrogens is 1. The lowest BCUT2D eigenvalue weighted by molar-refractivity contribution is 0.567. The molecule has 23 heavy (non-hydrogen) atoms. The minimum absolute atomic E-state index is 0.303. The smallest absolute Gasteiger partial charge is 0.175 e. The Kier molecular flexibility index (Phi) is 4.12. The van der Waals surface area contributed by atoms with E-state index in [1.54, 1.807) is 36.8 Å². The number of hydrogen-bond donors (Lipinski definition) is 0. The molecule has 0 fully saturated rings. The number of furan rings is 1. The molecule has 0 radical (unpaired) electrons. The van der Waals surface area contributed by atoms with Gasteiger partial charge in [-0.3, -0.25) is 0 Å². The van der Waals surface area contributed by atoms with Crippen LogP contribution in [-0.2, 0) is 9.84 Å². The van der Waals surface area contributed by atoms with Gasteiger partial charge in [0.25, 0.3) is 0 Å². The second-order valence-corrected chi connectivity index (χ2v) is 7.15. The summed E-state index contributed by atoms with van der Waals surface area (Å²) in [7, 11) is -3.18. The lowest BCUT2D eigenvalue weighted by Crippen LogP contribution is -1.96. The van der Waals surface area contributed by atoms with Crippen LogP contribution in [0.3, 0.4) is 0 Å². The van der Waals surface area contributed by atoms with E-state index in [2.05, 4.69) is 4.98 Å². The molecule has 2 aromatic heterocycles. The van der Waals surface area contributed by atoms with E-state index in [1.807, 2.05) is 36.4 Å². The van der Waals surface area contributed by atoms with Gasteiger partial charge in [-0.25, -0.2) is 13.4 Å². The van der Waals surface area contributed by atoms with Gasteiger partial charge >= 0.3 is 0 Å². The van der Waals surface area contributed by atoms with Crippen molar-refractivity contribution in [2.75, 3.05) is 6.26 Å². The van der Waals surface area contributed by atoms with E-state index in [-0.39, 0.29) is 0 Å². The minimum Gasteiger partial charge on any atom is -0.472 e. The maximum atomic E-state index is 11.5. The van der Waals surface area contributed by atoms with Crippen LogP contribution in [0.1, 0.15) is 11.3 Å². The zero-order chi connectivity index (χ0) is 16.3. The van der Waals surface area contributed by atoms with Crippen LogP contribution in [0.15, 0.2) is 70.4 Å². The van der Waals surface area contributed by atoms with Gasteiger partial charge < -0.3 is 4.42 Å². The van der Waals surface area contributed by atoms with Crippen molar-refractivity contribution in [3.8, 4) is 11.3 Å². The fourth-order valence-corrected chi connectivity index (χ4v) is 2.76. The third-order valence-corrected chi connectivity index (χ3v) is 4.47. The highest BCUT2D eigenvalue weighted by Gasteiger charge is 2.07. The summed E-state index contributed by atoms with van der Waals surface area (Å²) in [4.78, 5) is 4.87. The summed E-state index contributed by atoms with van der Waals surface area (Å²) < 4.78 is 28.0. The summed E-state index contributed by atoms with van der Waals surface area (Å²) in [5.74, 6) is 0. The Balaban J connectivity index is 1.87. The number of sulfone groups is 1. The molecule has 0 atom stereocenters. The van der Waals surface area contributed by atoms with Crippen molar-refractivity contribution < 1.29 is 12.8 Å². The Bertz CT molecular complexity index is 925. The molecule has 0 saturated heterocycles. The first kappa shape index (κ1) is 15.2. The minimum atomic E-state index is -3.18. The number of rotatable bonds is 4. The zero-order valence-electron chi connectivity index (χ0n) is 12.5. The molecule has 116 valence electrons. The second kappa shape index (κ2) is 6.22. The Morgan fingerprint density at radius 2 is 1.78 bits per heavy atom. The summed E-state index contributed by atoms with van der Waals surface area (Å²) in [5, 5.41) is 0. The zero-order valence-corrected chi connectivity index (χ0v) is 13.3. The number of benzene rings is 1. The predicted molar refractivity (Wildman–Crippen MR) is 90.4 cm³/mol. The maximum Gasteiger partial charge on any atom is 0.175 e. The summed E-state index contributed by atoms with van der Waals surface area (Å²) in [6, 6.07) is 14.3. The normalized spacial score (nSPS) is 11.9. The lowest BCUT2D eigenvalue weighted by Gasteiger charge is -2.04. The van der Waals surface area contributed by atoms with Crippen LogP contribution in [0.2, 0.25) is 0 Å². The Hall–Kier alpha value is -2.66. The molecule has 0 amide bonds. The highest BCUT2D eigenvalue weighted by molar-refractivity contribution is 7.90. The van der Waals surface area contributed by atoms with Crippen LogP contribution in [0, 0.1) is 0 Å². The van der Waals surface area contributed by atoms with Crippen LogP contribution in [0.4, 0.5) is 0 Å². The van der Waals surface area contributed by atoms with Crippen molar-refractivity contribution in [3.05, 3.63) is 72.3 Å². The van der Waals surface area contributed by atoms with E-state index < -0.39 is 9.84 Å². The van der Waals surface area contributed by atoms with Crippen molar-refractivity contribution in [2.45, 2.75) is 4.90 Å². The average molecular weight is 325 g/mol. The molecule has 0 saturated carbocycles. The van der Waals surface area contributed by atoms with Gasteiger partial charge in [0, 0.05) is 17.4 Å². The first-order valence-corrected chi connectivity index (χ1v) is 8.89. The molecule has 0 unspecified atom stereocenters. The molecule has 3 rings (SSSR count). The Morgan fingerprint density at radius 1 is 1.00 bits per heavy atom. The Labute approximate surface area is 135 Å². The van der Waals surface area contributed by atoms with E-state index in [1.165, 1.54) is 6.26 Å². The molecule has 0 aliphatic carbocycles. The van der Waals surface area contributed by atoms with E-state index in [4.69, 9.17) is 4.42 Å². The molecule has 0 N–H and O–H groups in total. The quantitative estimate of drug-likeness (QED) is 0.729. The van der Waals surface area contributed by atoms with Crippen molar-refractivity contribution in [3.63, 3.8) is 0 Å². The van der Waals surface area contributed by atoms with Gasteiger partial charge in [-0.2, -0.15) is 0 Å². The topological polar surface area (TPSA) is 60.2 Å². The van der Waals surface area contributed by atoms with Gasteiger partial charge in [0.15, 0.2) is 9.84 Å². The summed E-state index contributed by atoms with van der Waals surface area (Å²) >= 11 is 0. The van der Waals surface area contributed by atoms with Crippen molar-refractivity contribution in [1.29, 1.82) is 0 Å². The maximum absolute atomic E-state index is 11.5. The van der Waals surface area contributed by atoms with Crippen molar-refractivity contribution >= 4 is 22.0 Å². The van der Waals surface area contributed by atoms with Gasteiger partial charge in [-0.15, -0.1) is 0 Å². The van der Waals surface area contributed by atoms with E-state index in [0.29, 0.717) is 4.90 Å². The molecule has 2 heterocycles. The van der Waals surface area contributed by atoms with Gasteiger partial charge in [0.1, 0.15) is 0 Å². The molecule has 0 aliphatic rings. The molecule has 4 nitrogen and oxygen atoms in total. The van der Waals surface area contributed by atoms with Crippen LogP contribution in [0.25, 0.3) is 23.4 Å². The molecule has 1 aromatic carbocycles. The van der Waals surface area contributed by atoms with Gasteiger partial charge in [-0.05, 0) is 42.5 Å². The molecule has 5 heteroatoms. The highest BCUT2D eigenvalue weighted by Crippen LogP contribution is 2.20. The molecular formula is C18H15NO3S. The molecule has 0 aliphatic heterocycles. The third kappa shape index (κ3) is 3.76. The van der Waals surface area contributed by atoms with E-state index >= 15 is 0 Å². The first-order valence-electron chi connectivity index (χ1n) is 7.00. The van der Waals surface area contributed by atoms with Gasteiger partial charge in [0.2, 0.25) is 0 Å². The summed E-state index contributed by atoms with van der Waals surface area (Å²) in [6.07, 6.45) is 8.29. The molecule has 3 aromatic rings. The van der Waals surface area contributed by atoms with Crippen LogP contribution in [0.5, 0.6) is 0 Å². The van der Waals surface area contributed by atoms with Crippen LogP contribution < -0.4 is 0 Å². The molecular weight excluding hydrogens is 310 g/mol. The SMILES string of the molecule is CS(=O)(=O)c1ccc(-c2cccc(/C=C/c3ccoc3)n2)cc1. The number of pyridine rings is 1. The standard InChI is InChI=1S/C18H15NO3S/c1-23(20,21)17-9-6-15(7-10-17)18-4-2-3-16(19-18)8-5-14-11-12-22-13-14/h2-13H,1H3/b8-5+. The summed E-state index contributed by atoms with van der Waals surface area (Å²) in [6.45, 7) is 0. The first-order chi connectivity index (χ1) is 11.0.